The minimum Gasteiger partial charge on any atom is -0.379 e. The van der Waals surface area contributed by atoms with Crippen LogP contribution in [0.4, 0.5) is 5.69 Å². The molecule has 100 valence electrons. The smallest absolute Gasteiger partial charge is 0.249 e. The Morgan fingerprint density at radius 1 is 1.47 bits per heavy atom. The minimum absolute atomic E-state index is 0.175. The molecule has 1 aromatic carbocycles. The molecular weight excluding hydrogens is 242 g/mol. The van der Waals surface area contributed by atoms with Crippen LogP contribution in [0.1, 0.15) is 12.8 Å². The monoisotopic (exact) mass is 259 g/mol. The Bertz CT molecular complexity index is 475. The molecule has 1 aliphatic heterocycles. The Balaban J connectivity index is 2.23. The molecule has 1 aromatic rings. The van der Waals surface area contributed by atoms with Crippen molar-refractivity contribution >= 4 is 11.6 Å². The van der Waals surface area contributed by atoms with Gasteiger partial charge in [-0.25, -0.2) is 0 Å². The predicted molar refractivity (Wildman–Crippen MR) is 71.4 cm³/mol. The van der Waals surface area contributed by atoms with Gasteiger partial charge in [-0.05, 0) is 18.6 Å². The lowest BCUT2D eigenvalue weighted by atomic mass is 9.97. The van der Waals surface area contributed by atoms with Gasteiger partial charge < -0.3 is 15.4 Å². The lowest BCUT2D eigenvalue weighted by molar-refractivity contribution is -0.123. The molecular formula is C14H17N3O2. The van der Waals surface area contributed by atoms with E-state index in [1.807, 2.05) is 30.3 Å². The van der Waals surface area contributed by atoms with E-state index in [4.69, 9.17) is 15.7 Å². The van der Waals surface area contributed by atoms with Crippen LogP contribution in [0, 0.1) is 11.3 Å². The maximum Gasteiger partial charge on any atom is 0.249 e. The van der Waals surface area contributed by atoms with Gasteiger partial charge in [-0.3, -0.25) is 4.79 Å². The maximum absolute atomic E-state index is 12.6. The molecule has 5 nitrogen and oxygen atoms in total. The number of anilines is 1. The van der Waals surface area contributed by atoms with E-state index >= 15 is 0 Å². The van der Waals surface area contributed by atoms with E-state index in [1.165, 1.54) is 0 Å². The number of para-hydroxylation sites is 1. The number of benzene rings is 1. The van der Waals surface area contributed by atoms with Crippen LogP contribution in [0.25, 0.3) is 0 Å². The molecule has 1 fully saturated rings. The molecule has 0 aliphatic carbocycles. The highest BCUT2D eigenvalue weighted by molar-refractivity contribution is 6.00. The lowest BCUT2D eigenvalue weighted by Crippen LogP contribution is -2.56. The van der Waals surface area contributed by atoms with Gasteiger partial charge in [-0.1, -0.05) is 18.2 Å². The van der Waals surface area contributed by atoms with Gasteiger partial charge in [-0.15, -0.1) is 0 Å². The number of amides is 1. The van der Waals surface area contributed by atoms with E-state index in [2.05, 4.69) is 6.07 Å². The minimum atomic E-state index is -0.967. The summed E-state index contributed by atoms with van der Waals surface area (Å²) in [5.74, 6) is -0.175. The molecule has 2 rings (SSSR count). The van der Waals surface area contributed by atoms with Gasteiger partial charge in [0.15, 0.2) is 0 Å². The first-order valence-electron chi connectivity index (χ1n) is 6.28. The zero-order valence-electron chi connectivity index (χ0n) is 10.7. The SMILES string of the molecule is N#CCCN(C(=O)C1(N)CCOC1)c1ccccc1. The average molecular weight is 259 g/mol. The highest BCUT2D eigenvalue weighted by atomic mass is 16.5. The fourth-order valence-electron chi connectivity index (χ4n) is 2.14. The molecule has 1 saturated heterocycles. The number of carbonyl (C=O) groups is 1. The average Bonchev–Trinajstić information content (AvgIpc) is 2.88. The van der Waals surface area contributed by atoms with E-state index in [1.54, 1.807) is 4.90 Å². The second-order valence-electron chi connectivity index (χ2n) is 4.66. The van der Waals surface area contributed by atoms with Gasteiger partial charge in [0, 0.05) is 18.8 Å². The van der Waals surface area contributed by atoms with Gasteiger partial charge >= 0.3 is 0 Å². The van der Waals surface area contributed by atoms with Gasteiger partial charge in [0.25, 0.3) is 0 Å². The quantitative estimate of drug-likeness (QED) is 0.876. The number of rotatable bonds is 4. The number of nitrogens with two attached hydrogens (primary N) is 1. The summed E-state index contributed by atoms with van der Waals surface area (Å²) in [6.07, 6.45) is 0.791. The Labute approximate surface area is 112 Å². The third kappa shape index (κ3) is 2.92. The lowest BCUT2D eigenvalue weighted by Gasteiger charge is -2.30. The second-order valence-corrected chi connectivity index (χ2v) is 4.66. The molecule has 1 aliphatic rings. The Kier molecular flexibility index (Phi) is 4.15. The number of hydrogen-bond acceptors (Lipinski definition) is 4. The molecule has 19 heavy (non-hydrogen) atoms. The summed E-state index contributed by atoms with van der Waals surface area (Å²) < 4.78 is 5.23. The summed E-state index contributed by atoms with van der Waals surface area (Å²) >= 11 is 0. The number of hydrogen-bond donors (Lipinski definition) is 1. The third-order valence-corrected chi connectivity index (χ3v) is 3.24. The second kappa shape index (κ2) is 5.83. The normalized spacial score (nSPS) is 21.9. The number of ether oxygens (including phenoxy) is 1. The summed E-state index contributed by atoms with van der Waals surface area (Å²) in [7, 11) is 0. The van der Waals surface area contributed by atoms with E-state index in [0.717, 1.165) is 5.69 Å². The predicted octanol–water partition coefficient (Wildman–Crippen LogP) is 1.05. The van der Waals surface area contributed by atoms with Crippen LogP contribution in [0.15, 0.2) is 30.3 Å². The van der Waals surface area contributed by atoms with Gasteiger partial charge in [-0.2, -0.15) is 5.26 Å². The van der Waals surface area contributed by atoms with E-state index in [0.29, 0.717) is 19.6 Å². The van der Waals surface area contributed by atoms with Crippen molar-refractivity contribution in [2.24, 2.45) is 5.73 Å². The molecule has 0 bridgehead atoms. The molecule has 0 spiro atoms. The van der Waals surface area contributed by atoms with Crippen molar-refractivity contribution in [1.29, 1.82) is 5.26 Å². The summed E-state index contributed by atoms with van der Waals surface area (Å²) in [5, 5.41) is 8.73. The summed E-state index contributed by atoms with van der Waals surface area (Å²) in [6, 6.07) is 11.3. The van der Waals surface area contributed by atoms with E-state index in [-0.39, 0.29) is 18.9 Å². The van der Waals surface area contributed by atoms with E-state index < -0.39 is 5.54 Å². The number of carbonyl (C=O) groups excluding carboxylic acids is 1. The van der Waals surface area contributed by atoms with Crippen molar-refractivity contribution in [2.75, 3.05) is 24.7 Å². The summed E-state index contributed by atoms with van der Waals surface area (Å²) in [4.78, 5) is 14.2. The zero-order chi connectivity index (χ0) is 13.7. The van der Waals surface area contributed by atoms with Crippen molar-refractivity contribution in [3.05, 3.63) is 30.3 Å². The van der Waals surface area contributed by atoms with Crippen molar-refractivity contribution in [2.45, 2.75) is 18.4 Å². The molecule has 0 saturated carbocycles. The van der Waals surface area contributed by atoms with Gasteiger partial charge in [0.1, 0.15) is 5.54 Å². The molecule has 1 unspecified atom stereocenters. The van der Waals surface area contributed by atoms with Crippen LogP contribution in [-0.4, -0.2) is 31.2 Å². The number of nitriles is 1. The molecule has 0 radical (unpaired) electrons. The largest absolute Gasteiger partial charge is 0.379 e. The van der Waals surface area contributed by atoms with Crippen LogP contribution >= 0.6 is 0 Å². The fraction of sp³-hybridized carbons (Fsp3) is 0.429. The topological polar surface area (TPSA) is 79.4 Å². The van der Waals surface area contributed by atoms with Crippen molar-refractivity contribution in [3.8, 4) is 6.07 Å². The summed E-state index contributed by atoms with van der Waals surface area (Å²) in [6.45, 7) is 1.09. The molecule has 1 atom stereocenters. The molecule has 5 heteroatoms. The molecule has 1 heterocycles. The van der Waals surface area contributed by atoms with Gasteiger partial charge in [0.05, 0.1) is 19.1 Å². The fourth-order valence-corrected chi connectivity index (χ4v) is 2.14. The molecule has 0 aromatic heterocycles. The third-order valence-electron chi connectivity index (χ3n) is 3.24. The van der Waals surface area contributed by atoms with E-state index in [9.17, 15) is 4.79 Å². The Morgan fingerprint density at radius 3 is 2.79 bits per heavy atom. The van der Waals surface area contributed by atoms with Crippen LogP contribution in [0.3, 0.4) is 0 Å². The summed E-state index contributed by atoms with van der Waals surface area (Å²) in [5.41, 5.74) is 5.91. The highest BCUT2D eigenvalue weighted by Gasteiger charge is 2.41. The number of nitrogens with zero attached hydrogens (tertiary/aromatic N) is 2. The van der Waals surface area contributed by atoms with Gasteiger partial charge in [0.2, 0.25) is 5.91 Å². The first kappa shape index (κ1) is 13.5. The van der Waals surface area contributed by atoms with Crippen LogP contribution in [0.2, 0.25) is 0 Å². The standard InChI is InChI=1S/C14H17N3O2/c15-8-4-9-17(12-5-2-1-3-6-12)13(18)14(16)7-10-19-11-14/h1-3,5-6H,4,7,9-11,16H2. The van der Waals surface area contributed by atoms with Crippen LogP contribution < -0.4 is 10.6 Å². The Morgan fingerprint density at radius 2 is 2.21 bits per heavy atom. The van der Waals surface area contributed by atoms with Crippen LogP contribution in [0.5, 0.6) is 0 Å². The Hall–Kier alpha value is -1.90. The van der Waals surface area contributed by atoms with Crippen LogP contribution in [-0.2, 0) is 9.53 Å². The molecule has 2 N–H and O–H groups in total. The van der Waals surface area contributed by atoms with Crippen molar-refractivity contribution < 1.29 is 9.53 Å². The maximum atomic E-state index is 12.6. The first-order chi connectivity index (χ1) is 9.17. The van der Waals surface area contributed by atoms with Crippen molar-refractivity contribution in [1.82, 2.24) is 0 Å². The van der Waals surface area contributed by atoms with Crippen molar-refractivity contribution in [3.63, 3.8) is 0 Å². The first-order valence-corrected chi connectivity index (χ1v) is 6.28. The molecule has 1 amide bonds. The zero-order valence-corrected chi connectivity index (χ0v) is 10.7. The highest BCUT2D eigenvalue weighted by Crippen LogP contribution is 2.23.